The van der Waals surface area contributed by atoms with Crippen LogP contribution < -0.4 is 0 Å². The van der Waals surface area contributed by atoms with Gasteiger partial charge in [-0.1, -0.05) is 343 Å². The van der Waals surface area contributed by atoms with Crippen molar-refractivity contribution in [3.05, 3.63) is 0 Å². The van der Waals surface area contributed by atoms with Crippen molar-refractivity contribution >= 4 is 39.5 Å². The molecule has 0 aliphatic carbocycles. The standard InChI is InChI=1S/C76H148O17P2/c1-7-9-11-13-15-17-19-21-28-34-40-46-52-58-73(78)86-64-71(92-75(80)60-54-48-42-36-29-22-20-18-16-14-12-10-8-2)66-90-94(82,83)88-62-70(77)63-89-95(84,85)91-67-72(65-87-74(79)59-53-47-41-35-31-25-27-33-39-45-51-57-69(5)6)93-76(81)61-55-49-43-37-30-24-23-26-32-38-44-50-56-68(3)4/h68-72,77H,7-67H2,1-6H3,(H,82,83)(H,84,85)/t70-,71+,72+/m0/s1. The van der Waals surface area contributed by atoms with Gasteiger partial charge < -0.3 is 33.8 Å². The van der Waals surface area contributed by atoms with Crippen molar-refractivity contribution in [2.75, 3.05) is 39.6 Å². The first-order valence-electron chi connectivity index (χ1n) is 39.5. The second-order valence-electron chi connectivity index (χ2n) is 28.3. The number of aliphatic hydroxyl groups excluding tert-OH is 1. The lowest BCUT2D eigenvalue weighted by atomic mass is 10.0. The van der Waals surface area contributed by atoms with E-state index in [4.69, 9.17) is 37.0 Å². The summed E-state index contributed by atoms with van der Waals surface area (Å²) in [5.74, 6) is -0.564. The summed E-state index contributed by atoms with van der Waals surface area (Å²) in [6.07, 6.45) is 55.2. The molecule has 0 radical (unpaired) electrons. The summed E-state index contributed by atoms with van der Waals surface area (Å²) in [7, 11) is -9.91. The number of aliphatic hydroxyl groups is 1. The molecular weight excluding hydrogens is 1250 g/mol. The minimum Gasteiger partial charge on any atom is -0.462 e. The molecule has 0 amide bonds. The first-order valence-corrected chi connectivity index (χ1v) is 42.5. The average molecular weight is 1400 g/mol. The minimum absolute atomic E-state index is 0.107. The number of carbonyl (C=O) groups is 4. The third kappa shape index (κ3) is 70.3. The molecule has 0 aromatic heterocycles. The zero-order chi connectivity index (χ0) is 70.0. The van der Waals surface area contributed by atoms with Gasteiger partial charge >= 0.3 is 39.5 Å². The highest BCUT2D eigenvalue weighted by molar-refractivity contribution is 7.47. The monoisotopic (exact) mass is 1400 g/mol. The van der Waals surface area contributed by atoms with Gasteiger partial charge in [-0.25, -0.2) is 9.13 Å². The van der Waals surface area contributed by atoms with Crippen molar-refractivity contribution in [1.29, 1.82) is 0 Å². The highest BCUT2D eigenvalue weighted by Gasteiger charge is 2.30. The molecule has 0 aromatic carbocycles. The lowest BCUT2D eigenvalue weighted by molar-refractivity contribution is -0.161. The highest BCUT2D eigenvalue weighted by Crippen LogP contribution is 2.45. The Kier molecular flexibility index (Phi) is 66.5. The van der Waals surface area contributed by atoms with E-state index in [1.165, 1.54) is 212 Å². The van der Waals surface area contributed by atoms with Crippen LogP contribution in [0.3, 0.4) is 0 Å². The lowest BCUT2D eigenvalue weighted by Gasteiger charge is -2.21. The summed E-state index contributed by atoms with van der Waals surface area (Å²) in [6, 6.07) is 0. The average Bonchev–Trinajstić information content (AvgIpc) is 1.91. The van der Waals surface area contributed by atoms with Crippen LogP contribution in [0.2, 0.25) is 0 Å². The molecule has 0 saturated heterocycles. The number of phosphoric acid groups is 2. The predicted molar refractivity (Wildman–Crippen MR) is 386 cm³/mol. The van der Waals surface area contributed by atoms with Gasteiger partial charge in [0, 0.05) is 25.7 Å². The van der Waals surface area contributed by atoms with Crippen LogP contribution in [0.5, 0.6) is 0 Å². The van der Waals surface area contributed by atoms with Crippen LogP contribution in [-0.2, 0) is 65.4 Å². The summed E-state index contributed by atoms with van der Waals surface area (Å²) in [5.41, 5.74) is 0. The third-order valence-electron chi connectivity index (χ3n) is 17.7. The van der Waals surface area contributed by atoms with Crippen LogP contribution in [0, 0.1) is 11.8 Å². The summed E-state index contributed by atoms with van der Waals surface area (Å²) < 4.78 is 68.6. The number of unbranched alkanes of at least 4 members (excludes halogenated alkanes) is 45. The van der Waals surface area contributed by atoms with Crippen LogP contribution in [0.1, 0.15) is 395 Å². The number of hydrogen-bond donors (Lipinski definition) is 3. The molecule has 5 atom stereocenters. The molecule has 0 aliphatic heterocycles. The third-order valence-corrected chi connectivity index (χ3v) is 19.6. The topological polar surface area (TPSA) is 237 Å². The molecule has 0 spiro atoms. The Morgan fingerprint density at radius 2 is 0.484 bits per heavy atom. The van der Waals surface area contributed by atoms with Gasteiger partial charge in [0.2, 0.25) is 0 Å². The van der Waals surface area contributed by atoms with Gasteiger partial charge in [0.05, 0.1) is 26.4 Å². The Morgan fingerprint density at radius 3 is 0.716 bits per heavy atom. The lowest BCUT2D eigenvalue weighted by Crippen LogP contribution is -2.30. The van der Waals surface area contributed by atoms with Gasteiger partial charge in [0.15, 0.2) is 12.2 Å². The number of phosphoric ester groups is 2. The Hall–Kier alpha value is -1.94. The zero-order valence-electron chi connectivity index (χ0n) is 62.0. The Labute approximate surface area is 581 Å². The molecule has 0 fully saturated rings. The first kappa shape index (κ1) is 93.1. The molecule has 0 aromatic rings. The summed E-state index contributed by atoms with van der Waals surface area (Å²) in [6.45, 7) is 9.62. The molecule has 2 unspecified atom stereocenters. The molecule has 17 nitrogen and oxygen atoms in total. The van der Waals surface area contributed by atoms with E-state index in [-0.39, 0.29) is 25.7 Å². The molecule has 3 N–H and O–H groups in total. The van der Waals surface area contributed by atoms with E-state index in [2.05, 4.69) is 41.5 Å². The van der Waals surface area contributed by atoms with E-state index >= 15 is 0 Å². The Morgan fingerprint density at radius 1 is 0.284 bits per heavy atom. The smallest absolute Gasteiger partial charge is 0.462 e. The fourth-order valence-electron chi connectivity index (χ4n) is 11.7. The summed E-state index contributed by atoms with van der Waals surface area (Å²) >= 11 is 0. The maximum atomic E-state index is 13.1. The molecule has 0 rings (SSSR count). The number of ether oxygens (including phenoxy) is 4. The highest BCUT2D eigenvalue weighted by atomic mass is 31.2. The van der Waals surface area contributed by atoms with Gasteiger partial charge in [-0.2, -0.15) is 0 Å². The van der Waals surface area contributed by atoms with Gasteiger partial charge in [0.1, 0.15) is 19.3 Å². The number of rotatable bonds is 75. The van der Waals surface area contributed by atoms with Crippen molar-refractivity contribution in [3.8, 4) is 0 Å². The van der Waals surface area contributed by atoms with E-state index in [1.54, 1.807) is 0 Å². The van der Waals surface area contributed by atoms with Gasteiger partial charge in [-0.3, -0.25) is 37.3 Å². The van der Waals surface area contributed by atoms with Crippen LogP contribution in [-0.4, -0.2) is 96.7 Å². The molecule has 0 bridgehead atoms. The van der Waals surface area contributed by atoms with Crippen molar-refractivity contribution in [1.82, 2.24) is 0 Å². The van der Waals surface area contributed by atoms with Crippen molar-refractivity contribution in [3.63, 3.8) is 0 Å². The van der Waals surface area contributed by atoms with Crippen LogP contribution in [0.4, 0.5) is 0 Å². The second-order valence-corrected chi connectivity index (χ2v) is 31.3. The molecule has 95 heavy (non-hydrogen) atoms. The number of esters is 4. The normalized spacial score (nSPS) is 14.0. The van der Waals surface area contributed by atoms with Crippen molar-refractivity contribution in [2.24, 2.45) is 11.8 Å². The molecule has 0 aliphatic rings. The van der Waals surface area contributed by atoms with E-state index in [0.29, 0.717) is 25.7 Å². The number of hydrogen-bond acceptors (Lipinski definition) is 15. The fraction of sp³-hybridized carbons (Fsp3) is 0.947. The van der Waals surface area contributed by atoms with Gasteiger partial charge in [-0.05, 0) is 37.5 Å². The van der Waals surface area contributed by atoms with Crippen LogP contribution >= 0.6 is 15.6 Å². The van der Waals surface area contributed by atoms with E-state index in [9.17, 15) is 43.2 Å². The van der Waals surface area contributed by atoms with Gasteiger partial charge in [-0.15, -0.1) is 0 Å². The maximum absolute atomic E-state index is 13.1. The SMILES string of the molecule is CCCCCCCCCCCCCCCC(=O)OC[C@H](COP(=O)(O)OC[C@H](O)COP(=O)(O)OC[C@@H](COC(=O)CCCCCCCCCCCCCC(C)C)OC(=O)CCCCCCCCCCCCCCC(C)C)OC(=O)CCCCCCCCCCCCCCC. The fourth-order valence-corrected chi connectivity index (χ4v) is 13.2. The summed E-state index contributed by atoms with van der Waals surface area (Å²) in [5, 5.41) is 10.6. The summed E-state index contributed by atoms with van der Waals surface area (Å²) in [4.78, 5) is 72.9. The van der Waals surface area contributed by atoms with Crippen LogP contribution in [0.25, 0.3) is 0 Å². The van der Waals surface area contributed by atoms with Crippen LogP contribution in [0.15, 0.2) is 0 Å². The largest absolute Gasteiger partial charge is 0.472 e. The zero-order valence-corrected chi connectivity index (χ0v) is 63.8. The maximum Gasteiger partial charge on any atom is 0.472 e. The van der Waals surface area contributed by atoms with E-state index < -0.39 is 97.5 Å². The molecular formula is C76H148O17P2. The molecule has 19 heteroatoms. The van der Waals surface area contributed by atoms with E-state index in [0.717, 1.165) is 102 Å². The first-order chi connectivity index (χ1) is 45.9. The molecule has 564 valence electrons. The van der Waals surface area contributed by atoms with Crippen molar-refractivity contribution < 1.29 is 80.2 Å². The van der Waals surface area contributed by atoms with Gasteiger partial charge in [0.25, 0.3) is 0 Å². The number of carbonyl (C=O) groups excluding carboxylic acids is 4. The minimum atomic E-state index is -4.96. The second kappa shape index (κ2) is 67.9. The predicted octanol–water partition coefficient (Wildman–Crippen LogP) is 22.3. The van der Waals surface area contributed by atoms with Crippen molar-refractivity contribution in [2.45, 2.75) is 413 Å². The Balaban J connectivity index is 5.27. The Bertz CT molecular complexity index is 1840. The molecule has 0 heterocycles. The van der Waals surface area contributed by atoms with E-state index in [1.807, 2.05) is 0 Å². The quantitative estimate of drug-likeness (QED) is 0.0222. The molecule has 0 saturated carbocycles.